The molecule has 0 saturated carbocycles. The zero-order chi connectivity index (χ0) is 29.1. The molecule has 0 saturated heterocycles. The van der Waals surface area contributed by atoms with E-state index in [0.29, 0.717) is 11.1 Å². The van der Waals surface area contributed by atoms with Gasteiger partial charge in [0.25, 0.3) is 5.91 Å². The van der Waals surface area contributed by atoms with Gasteiger partial charge in [-0.1, -0.05) is 48.5 Å². The van der Waals surface area contributed by atoms with Crippen LogP contribution in [-0.4, -0.2) is 35.3 Å². The molecule has 4 aromatic rings. The third kappa shape index (κ3) is 6.81. The van der Waals surface area contributed by atoms with Gasteiger partial charge >= 0.3 is 0 Å². The summed E-state index contributed by atoms with van der Waals surface area (Å²) in [5, 5.41) is 17.7. The summed E-state index contributed by atoms with van der Waals surface area (Å²) in [6.07, 6.45) is -1.03. The highest BCUT2D eigenvalue weighted by Crippen LogP contribution is 2.45. The number of carbonyl (C=O) groups is 1. The number of hydrogen-bond acceptors (Lipinski definition) is 4. The molecule has 5 nitrogen and oxygen atoms in total. The molecule has 0 aliphatic heterocycles. The van der Waals surface area contributed by atoms with Crippen molar-refractivity contribution >= 4 is 5.91 Å². The molecular weight excluding hydrogens is 522 g/mol. The van der Waals surface area contributed by atoms with Crippen LogP contribution in [0.3, 0.4) is 0 Å². The van der Waals surface area contributed by atoms with Gasteiger partial charge in [0.05, 0.1) is 18.2 Å². The lowest BCUT2D eigenvalue weighted by molar-refractivity contribution is 0.0827. The Hall–Kier alpha value is -4.07. The Balaban J connectivity index is 1.39. The lowest BCUT2D eigenvalue weighted by Gasteiger charge is -2.27. The van der Waals surface area contributed by atoms with Crippen LogP contribution in [0.1, 0.15) is 53.9 Å². The second-order valence-electron chi connectivity index (χ2n) is 11.4. The largest absolute Gasteiger partial charge is 0.488 e. The second-order valence-corrected chi connectivity index (χ2v) is 11.4. The third-order valence-electron chi connectivity index (χ3n) is 7.05. The van der Waals surface area contributed by atoms with Crippen molar-refractivity contribution < 1.29 is 23.4 Å². The molecule has 0 spiro atoms. The molecule has 0 bridgehead atoms. The molecule has 5 rings (SSSR count). The van der Waals surface area contributed by atoms with E-state index in [1.54, 1.807) is 30.3 Å². The van der Waals surface area contributed by atoms with E-state index < -0.39 is 23.8 Å². The zero-order valence-electron chi connectivity index (χ0n) is 23.3. The van der Waals surface area contributed by atoms with Crippen LogP contribution in [0.2, 0.25) is 0 Å². The average Bonchev–Trinajstić information content (AvgIpc) is 3.23. The van der Waals surface area contributed by atoms with E-state index >= 15 is 0 Å². The van der Waals surface area contributed by atoms with Gasteiger partial charge < -0.3 is 20.5 Å². The maximum Gasteiger partial charge on any atom is 0.251 e. The van der Waals surface area contributed by atoms with Crippen molar-refractivity contribution in [2.45, 2.75) is 51.0 Å². The quantitative estimate of drug-likeness (QED) is 0.230. The fraction of sp³-hybridized carbons (Fsp3) is 0.265. The van der Waals surface area contributed by atoms with Crippen molar-refractivity contribution in [1.82, 2.24) is 10.6 Å². The lowest BCUT2D eigenvalue weighted by Crippen LogP contribution is -2.49. The summed E-state index contributed by atoms with van der Waals surface area (Å²) in [6.45, 7) is 6.10. The number of benzene rings is 4. The average molecular weight is 557 g/mol. The number of rotatable bonds is 9. The maximum absolute atomic E-state index is 14.0. The molecule has 41 heavy (non-hydrogen) atoms. The molecule has 0 fully saturated rings. The van der Waals surface area contributed by atoms with Crippen LogP contribution in [0, 0.1) is 11.6 Å². The first-order chi connectivity index (χ1) is 19.6. The van der Waals surface area contributed by atoms with Crippen LogP contribution in [0.5, 0.6) is 5.75 Å². The minimum absolute atomic E-state index is 0.0392. The van der Waals surface area contributed by atoms with E-state index in [-0.39, 0.29) is 30.5 Å². The van der Waals surface area contributed by atoms with Gasteiger partial charge in [0.2, 0.25) is 0 Å². The van der Waals surface area contributed by atoms with Crippen molar-refractivity contribution in [2.24, 2.45) is 0 Å². The Labute approximate surface area is 239 Å². The minimum Gasteiger partial charge on any atom is -0.488 e. The molecule has 0 radical (unpaired) electrons. The van der Waals surface area contributed by atoms with E-state index in [9.17, 15) is 18.7 Å². The molecule has 1 aliphatic carbocycles. The topological polar surface area (TPSA) is 70.6 Å². The fourth-order valence-corrected chi connectivity index (χ4v) is 5.31. The first-order valence-electron chi connectivity index (χ1n) is 13.7. The predicted octanol–water partition coefficient (Wildman–Crippen LogP) is 6.20. The van der Waals surface area contributed by atoms with Gasteiger partial charge in [-0.15, -0.1) is 0 Å². The Morgan fingerprint density at radius 2 is 1.54 bits per heavy atom. The molecule has 3 atom stereocenters. The number of amides is 1. The first-order valence-corrected chi connectivity index (χ1v) is 13.7. The molecule has 212 valence electrons. The molecule has 3 N–H and O–H groups in total. The number of aliphatic hydroxyl groups is 1. The van der Waals surface area contributed by atoms with Crippen molar-refractivity contribution in [3.63, 3.8) is 0 Å². The Morgan fingerprint density at radius 1 is 0.878 bits per heavy atom. The third-order valence-corrected chi connectivity index (χ3v) is 7.05. The molecule has 1 amide bonds. The van der Waals surface area contributed by atoms with Crippen molar-refractivity contribution in [1.29, 1.82) is 0 Å². The summed E-state index contributed by atoms with van der Waals surface area (Å²) in [6, 6.07) is 24.9. The highest BCUT2D eigenvalue weighted by molar-refractivity contribution is 5.94. The van der Waals surface area contributed by atoms with Gasteiger partial charge in [-0.05, 0) is 91.4 Å². The van der Waals surface area contributed by atoms with Gasteiger partial charge in [0.1, 0.15) is 23.0 Å². The van der Waals surface area contributed by atoms with Gasteiger partial charge in [-0.2, -0.15) is 0 Å². The summed E-state index contributed by atoms with van der Waals surface area (Å²) in [7, 11) is 0. The number of fused-ring (bicyclic) bond motifs is 3. The van der Waals surface area contributed by atoms with Gasteiger partial charge in [-0.3, -0.25) is 4.79 Å². The molecule has 0 aromatic heterocycles. The SMILES string of the molecule is CC(C)(C)Oc1ccc2c(c1)C(NC[C@H](O)[C@H](Cc1cc(F)cc(F)c1)NC(=O)c1ccccc1)c1ccccc1-2. The smallest absolute Gasteiger partial charge is 0.251 e. The number of ether oxygens (including phenoxy) is 1. The molecule has 1 aliphatic rings. The predicted molar refractivity (Wildman–Crippen MR) is 156 cm³/mol. The first kappa shape index (κ1) is 28.5. The fourth-order valence-electron chi connectivity index (χ4n) is 5.31. The van der Waals surface area contributed by atoms with Crippen LogP contribution in [0.25, 0.3) is 11.1 Å². The summed E-state index contributed by atoms with van der Waals surface area (Å²) in [4.78, 5) is 13.0. The number of carbonyl (C=O) groups excluding carboxylic acids is 1. The van der Waals surface area contributed by atoms with Crippen LogP contribution in [0.4, 0.5) is 8.78 Å². The molecule has 0 heterocycles. The molecule has 1 unspecified atom stereocenters. The number of halogens is 2. The van der Waals surface area contributed by atoms with Crippen LogP contribution < -0.4 is 15.4 Å². The van der Waals surface area contributed by atoms with E-state index in [1.165, 1.54) is 12.1 Å². The van der Waals surface area contributed by atoms with Gasteiger partial charge in [0, 0.05) is 18.2 Å². The highest BCUT2D eigenvalue weighted by atomic mass is 19.1. The summed E-state index contributed by atoms with van der Waals surface area (Å²) >= 11 is 0. The van der Waals surface area contributed by atoms with Gasteiger partial charge in [0.15, 0.2) is 0 Å². The Kier molecular flexibility index (Phi) is 8.20. The standard InChI is InChI=1S/C34H34F2N2O3/c1-34(2,3)41-25-13-14-27-26-11-7-8-12-28(26)32(29(27)19-25)37-20-31(39)30(17-21-15-23(35)18-24(36)16-21)38-33(40)22-9-5-4-6-10-22/h4-16,18-19,30-32,37,39H,17,20H2,1-3H3,(H,38,40)/t30-,31-,32?/m0/s1. The monoisotopic (exact) mass is 556 g/mol. The van der Waals surface area contributed by atoms with Crippen molar-refractivity contribution in [3.05, 3.63) is 125 Å². The Morgan fingerprint density at radius 3 is 2.24 bits per heavy atom. The molecule has 4 aromatic carbocycles. The molecule has 7 heteroatoms. The van der Waals surface area contributed by atoms with Gasteiger partial charge in [-0.25, -0.2) is 8.78 Å². The second kappa shape index (κ2) is 11.8. The number of nitrogens with one attached hydrogen (secondary N) is 2. The normalized spacial score (nSPS) is 15.5. The Bertz CT molecular complexity index is 1510. The van der Waals surface area contributed by atoms with E-state index in [2.05, 4.69) is 22.8 Å². The van der Waals surface area contributed by atoms with Crippen LogP contribution in [-0.2, 0) is 6.42 Å². The lowest BCUT2D eigenvalue weighted by atomic mass is 9.99. The zero-order valence-corrected chi connectivity index (χ0v) is 23.3. The van der Waals surface area contributed by atoms with E-state index in [0.717, 1.165) is 34.1 Å². The summed E-state index contributed by atoms with van der Waals surface area (Å²) < 4.78 is 34.1. The summed E-state index contributed by atoms with van der Waals surface area (Å²) in [5.74, 6) is -1.06. The van der Waals surface area contributed by atoms with E-state index in [4.69, 9.17) is 4.74 Å². The minimum atomic E-state index is -1.07. The maximum atomic E-state index is 14.0. The van der Waals surface area contributed by atoms with Crippen LogP contribution in [0.15, 0.2) is 91.0 Å². The highest BCUT2D eigenvalue weighted by Gasteiger charge is 2.31. The summed E-state index contributed by atoms with van der Waals surface area (Å²) in [5.41, 5.74) is 4.67. The van der Waals surface area contributed by atoms with Crippen LogP contribution >= 0.6 is 0 Å². The van der Waals surface area contributed by atoms with Crippen molar-refractivity contribution in [2.75, 3.05) is 6.54 Å². The van der Waals surface area contributed by atoms with E-state index in [1.807, 2.05) is 51.1 Å². The number of hydrogen-bond donors (Lipinski definition) is 3. The van der Waals surface area contributed by atoms with Crippen molar-refractivity contribution in [3.8, 4) is 16.9 Å². The number of aliphatic hydroxyl groups excluding tert-OH is 1. The molecular formula is C34H34F2N2O3.